The number of benzene rings is 1. The van der Waals surface area contributed by atoms with Crippen LogP contribution in [-0.4, -0.2) is 16.0 Å². The number of rotatable bonds is 5. The van der Waals surface area contributed by atoms with Crippen molar-refractivity contribution >= 4 is 23.2 Å². The van der Waals surface area contributed by atoms with Gasteiger partial charge in [-0.05, 0) is 43.2 Å². The van der Waals surface area contributed by atoms with Crippen LogP contribution >= 0.6 is 11.6 Å². The summed E-state index contributed by atoms with van der Waals surface area (Å²) in [6, 6.07) is 7.92. The zero-order chi connectivity index (χ0) is 15.2. The Morgan fingerprint density at radius 3 is 2.90 bits per heavy atom. The Morgan fingerprint density at radius 1 is 1.33 bits per heavy atom. The number of unbranched alkanes of at least 4 members (excludes halogenated alkanes) is 1. The number of carbonyl (C=O) groups is 1. The molecule has 4 nitrogen and oxygen atoms in total. The third-order valence-corrected chi connectivity index (χ3v) is 3.31. The largest absolute Gasteiger partial charge is 0.506 e. The standard InChI is InChI=1S/C16H17ClN2O2/c1-2-3-4-13-9-11(7-8-18-13)16(21)19-14-10-12(17)5-6-15(14)20/h5-10,20H,2-4H2,1H3,(H,19,21). The van der Waals surface area contributed by atoms with E-state index in [2.05, 4.69) is 17.2 Å². The first-order valence-corrected chi connectivity index (χ1v) is 7.22. The Labute approximate surface area is 128 Å². The second kappa shape index (κ2) is 7.09. The molecule has 5 heteroatoms. The van der Waals surface area contributed by atoms with Crippen LogP contribution in [0, 0.1) is 0 Å². The van der Waals surface area contributed by atoms with Crippen LogP contribution in [0.25, 0.3) is 0 Å². The van der Waals surface area contributed by atoms with Crippen LogP contribution in [-0.2, 0) is 6.42 Å². The number of amides is 1. The first kappa shape index (κ1) is 15.3. The van der Waals surface area contributed by atoms with E-state index in [1.165, 1.54) is 12.1 Å². The van der Waals surface area contributed by atoms with E-state index in [1.807, 2.05) is 0 Å². The van der Waals surface area contributed by atoms with Crippen molar-refractivity contribution in [2.45, 2.75) is 26.2 Å². The number of carbonyl (C=O) groups excluding carboxylic acids is 1. The van der Waals surface area contributed by atoms with Gasteiger partial charge in [-0.2, -0.15) is 0 Å². The van der Waals surface area contributed by atoms with Crippen LogP contribution in [0.5, 0.6) is 5.75 Å². The molecule has 0 aliphatic carbocycles. The summed E-state index contributed by atoms with van der Waals surface area (Å²) in [6.07, 6.45) is 4.58. The molecule has 1 amide bonds. The summed E-state index contributed by atoms with van der Waals surface area (Å²) in [5.74, 6) is -0.319. The number of anilines is 1. The molecule has 0 spiro atoms. The number of aromatic nitrogens is 1. The minimum absolute atomic E-state index is 0.0204. The topological polar surface area (TPSA) is 62.2 Å². The lowest BCUT2D eigenvalue weighted by atomic mass is 10.1. The van der Waals surface area contributed by atoms with Crippen LogP contribution < -0.4 is 5.32 Å². The van der Waals surface area contributed by atoms with Crippen LogP contribution in [0.1, 0.15) is 35.8 Å². The molecule has 2 rings (SSSR count). The number of hydrogen-bond donors (Lipinski definition) is 2. The molecule has 0 bridgehead atoms. The maximum atomic E-state index is 12.2. The van der Waals surface area contributed by atoms with Crippen molar-refractivity contribution in [3.8, 4) is 5.75 Å². The fourth-order valence-corrected chi connectivity index (χ4v) is 2.09. The van der Waals surface area contributed by atoms with E-state index in [1.54, 1.807) is 24.4 Å². The number of nitrogens with zero attached hydrogens (tertiary/aromatic N) is 1. The van der Waals surface area contributed by atoms with Gasteiger partial charge < -0.3 is 10.4 Å². The van der Waals surface area contributed by atoms with Crippen molar-refractivity contribution in [1.82, 2.24) is 4.98 Å². The Morgan fingerprint density at radius 2 is 2.14 bits per heavy atom. The molecule has 2 N–H and O–H groups in total. The number of hydrogen-bond acceptors (Lipinski definition) is 3. The molecule has 0 unspecified atom stereocenters. The average Bonchev–Trinajstić information content (AvgIpc) is 2.49. The van der Waals surface area contributed by atoms with Crippen molar-refractivity contribution < 1.29 is 9.90 Å². The van der Waals surface area contributed by atoms with Gasteiger partial charge in [0.25, 0.3) is 5.91 Å². The molecule has 0 atom stereocenters. The lowest BCUT2D eigenvalue weighted by Gasteiger charge is -2.08. The van der Waals surface area contributed by atoms with Gasteiger partial charge in [-0.3, -0.25) is 9.78 Å². The second-order valence-electron chi connectivity index (χ2n) is 4.76. The highest BCUT2D eigenvalue weighted by atomic mass is 35.5. The van der Waals surface area contributed by atoms with Crippen LogP contribution in [0.3, 0.4) is 0 Å². The Bertz CT molecular complexity index is 644. The summed E-state index contributed by atoms with van der Waals surface area (Å²) in [5, 5.41) is 12.8. The van der Waals surface area contributed by atoms with Gasteiger partial charge >= 0.3 is 0 Å². The van der Waals surface area contributed by atoms with Crippen molar-refractivity contribution in [2.24, 2.45) is 0 Å². The molecule has 0 saturated heterocycles. The maximum Gasteiger partial charge on any atom is 0.255 e. The van der Waals surface area contributed by atoms with Gasteiger partial charge in [0.05, 0.1) is 5.69 Å². The summed E-state index contributed by atoms with van der Waals surface area (Å²) in [5.41, 5.74) is 1.69. The average molecular weight is 305 g/mol. The summed E-state index contributed by atoms with van der Waals surface area (Å²) >= 11 is 5.86. The molecule has 0 aliphatic heterocycles. The van der Waals surface area contributed by atoms with Crippen molar-refractivity contribution in [3.63, 3.8) is 0 Å². The highest BCUT2D eigenvalue weighted by Gasteiger charge is 2.10. The normalized spacial score (nSPS) is 10.4. The molecule has 2 aromatic rings. The van der Waals surface area contributed by atoms with Crippen LogP contribution in [0.2, 0.25) is 5.02 Å². The second-order valence-corrected chi connectivity index (χ2v) is 5.19. The molecule has 0 aliphatic rings. The smallest absolute Gasteiger partial charge is 0.255 e. The molecule has 1 heterocycles. The summed E-state index contributed by atoms with van der Waals surface area (Å²) < 4.78 is 0. The monoisotopic (exact) mass is 304 g/mol. The number of phenols is 1. The first-order valence-electron chi connectivity index (χ1n) is 6.85. The Kier molecular flexibility index (Phi) is 5.17. The quantitative estimate of drug-likeness (QED) is 0.820. The minimum atomic E-state index is -0.298. The third-order valence-electron chi connectivity index (χ3n) is 3.07. The molecule has 1 aromatic heterocycles. The third kappa shape index (κ3) is 4.20. The van der Waals surface area contributed by atoms with Crippen LogP contribution in [0.4, 0.5) is 5.69 Å². The first-order chi connectivity index (χ1) is 10.1. The molecular weight excluding hydrogens is 288 g/mol. The van der Waals surface area contributed by atoms with Gasteiger partial charge in [-0.15, -0.1) is 0 Å². The van der Waals surface area contributed by atoms with Gasteiger partial charge in [-0.1, -0.05) is 24.9 Å². The number of aryl methyl sites for hydroxylation is 1. The van der Waals surface area contributed by atoms with E-state index in [-0.39, 0.29) is 11.7 Å². The lowest BCUT2D eigenvalue weighted by molar-refractivity contribution is 0.102. The van der Waals surface area contributed by atoms with Gasteiger partial charge in [-0.25, -0.2) is 0 Å². The predicted molar refractivity (Wildman–Crippen MR) is 83.9 cm³/mol. The Hall–Kier alpha value is -2.07. The van der Waals surface area contributed by atoms with Gasteiger partial charge in [0.1, 0.15) is 5.75 Å². The number of nitrogens with one attached hydrogen (secondary N) is 1. The summed E-state index contributed by atoms with van der Waals surface area (Å²) in [7, 11) is 0. The molecule has 0 saturated carbocycles. The summed E-state index contributed by atoms with van der Waals surface area (Å²) in [4.78, 5) is 16.5. The predicted octanol–water partition coefficient (Wildman–Crippen LogP) is 4.04. The van der Waals surface area contributed by atoms with E-state index in [0.29, 0.717) is 16.3 Å². The fourth-order valence-electron chi connectivity index (χ4n) is 1.92. The van der Waals surface area contributed by atoms with E-state index >= 15 is 0 Å². The number of pyridine rings is 1. The van der Waals surface area contributed by atoms with Gasteiger partial charge in [0.15, 0.2) is 0 Å². The zero-order valence-corrected chi connectivity index (χ0v) is 12.5. The number of halogens is 1. The van der Waals surface area contributed by atoms with Crippen LogP contribution in [0.15, 0.2) is 36.5 Å². The van der Waals surface area contributed by atoms with Crippen molar-refractivity contribution in [2.75, 3.05) is 5.32 Å². The SMILES string of the molecule is CCCCc1cc(C(=O)Nc2cc(Cl)ccc2O)ccn1. The molecule has 1 aromatic carbocycles. The molecule has 0 fully saturated rings. The van der Waals surface area contributed by atoms with E-state index in [9.17, 15) is 9.90 Å². The molecule has 21 heavy (non-hydrogen) atoms. The Balaban J connectivity index is 2.14. The lowest BCUT2D eigenvalue weighted by Crippen LogP contribution is -2.12. The summed E-state index contributed by atoms with van der Waals surface area (Å²) in [6.45, 7) is 2.11. The molecule has 0 radical (unpaired) electrons. The minimum Gasteiger partial charge on any atom is -0.506 e. The van der Waals surface area contributed by atoms with E-state index < -0.39 is 0 Å². The molecule has 110 valence electrons. The zero-order valence-electron chi connectivity index (χ0n) is 11.8. The highest BCUT2D eigenvalue weighted by Crippen LogP contribution is 2.27. The highest BCUT2D eigenvalue weighted by molar-refractivity contribution is 6.31. The number of phenolic OH excluding ortho intramolecular Hbond substituents is 1. The van der Waals surface area contributed by atoms with E-state index in [4.69, 9.17) is 11.6 Å². The van der Waals surface area contributed by atoms with Crippen molar-refractivity contribution in [1.29, 1.82) is 0 Å². The fraction of sp³-hybridized carbons (Fsp3) is 0.250. The van der Waals surface area contributed by atoms with Crippen molar-refractivity contribution in [3.05, 3.63) is 52.8 Å². The molecular formula is C16H17ClN2O2. The van der Waals surface area contributed by atoms with Gasteiger partial charge in [0, 0.05) is 22.5 Å². The maximum absolute atomic E-state index is 12.2. The van der Waals surface area contributed by atoms with E-state index in [0.717, 1.165) is 25.0 Å². The number of aromatic hydroxyl groups is 1. The van der Waals surface area contributed by atoms with Gasteiger partial charge in [0.2, 0.25) is 0 Å².